The molecule has 1 aliphatic heterocycles. The molecule has 1 heterocycles. The molecule has 2 atom stereocenters. The Balaban J connectivity index is 1.28. The van der Waals surface area contributed by atoms with Crippen molar-refractivity contribution in [3.8, 4) is 23.0 Å². The highest BCUT2D eigenvalue weighted by atomic mass is 16.5. The van der Waals surface area contributed by atoms with Gasteiger partial charge in [0.1, 0.15) is 12.7 Å². The highest BCUT2D eigenvalue weighted by molar-refractivity contribution is 5.87. The lowest BCUT2D eigenvalue weighted by Gasteiger charge is -2.19. The molecule has 3 N–H and O–H groups in total. The maximum absolute atomic E-state index is 12.4. The Bertz CT molecular complexity index is 1070. The van der Waals surface area contributed by atoms with Crippen LogP contribution in [0.4, 0.5) is 4.79 Å². The largest absolute Gasteiger partial charge is 0.472 e. The monoisotopic (exact) mass is 448 g/mol. The summed E-state index contributed by atoms with van der Waals surface area (Å²) < 4.78 is 11.0. The van der Waals surface area contributed by atoms with Crippen molar-refractivity contribution in [1.29, 1.82) is 0 Å². The van der Waals surface area contributed by atoms with Crippen molar-refractivity contribution in [1.82, 2.24) is 10.6 Å². The summed E-state index contributed by atoms with van der Waals surface area (Å²) in [6, 6.07) is 16.2. The summed E-state index contributed by atoms with van der Waals surface area (Å²) >= 11 is 0. The van der Waals surface area contributed by atoms with Gasteiger partial charge in [0.25, 0.3) is 0 Å². The highest BCUT2D eigenvalue weighted by Crippen LogP contribution is 2.44. The number of alkyl carbamates (subject to hydrolysis) is 1. The maximum atomic E-state index is 12.4. The van der Waals surface area contributed by atoms with E-state index in [9.17, 15) is 14.4 Å². The van der Waals surface area contributed by atoms with Gasteiger partial charge in [-0.3, -0.25) is 4.79 Å². The molecule has 2 aliphatic rings. The van der Waals surface area contributed by atoms with Crippen molar-refractivity contribution in [3.63, 3.8) is 0 Å². The van der Waals surface area contributed by atoms with Crippen LogP contribution in [-0.2, 0) is 19.1 Å². The molecule has 0 aromatic heterocycles. The van der Waals surface area contributed by atoms with E-state index in [2.05, 4.69) is 40.8 Å². The number of carbonyl (C=O) groups is 3. The van der Waals surface area contributed by atoms with Crippen LogP contribution < -0.4 is 10.6 Å². The topological polar surface area (TPSA) is 114 Å². The second kappa shape index (κ2) is 10.2. The first-order valence-corrected chi connectivity index (χ1v) is 10.7. The highest BCUT2D eigenvalue weighted by Gasteiger charge is 2.34. The zero-order valence-corrected chi connectivity index (χ0v) is 17.9. The number of fused-ring (bicyclic) bond motifs is 3. The molecule has 1 aliphatic carbocycles. The summed E-state index contributed by atoms with van der Waals surface area (Å²) in [6.45, 7) is 0.760. The van der Waals surface area contributed by atoms with Crippen molar-refractivity contribution in [3.05, 3.63) is 59.7 Å². The SMILES string of the molecule is O=C(O)C#CCNC(=O)C1OCCC1CNC(=O)OCC1c2ccccc2-c2ccccc21. The standard InChI is InChI=1S/C25H24N2O6/c28-22(29)10-5-12-26-24(30)23-16(11-13-32-23)14-27-25(31)33-15-21-19-8-3-1-6-17(19)18-7-2-4-9-20(18)21/h1-4,6-9,16,21,23H,11-15H2,(H,26,30)(H,27,31)(H,28,29). The summed E-state index contributed by atoms with van der Waals surface area (Å²) in [4.78, 5) is 35.1. The number of nitrogens with one attached hydrogen (secondary N) is 2. The van der Waals surface area contributed by atoms with Crippen LogP contribution in [0.3, 0.4) is 0 Å². The number of rotatable bonds is 6. The number of carboxylic acids is 1. The number of carbonyl (C=O) groups excluding carboxylic acids is 2. The minimum Gasteiger partial charge on any atom is -0.472 e. The molecular weight excluding hydrogens is 424 g/mol. The lowest BCUT2D eigenvalue weighted by atomic mass is 9.98. The first-order chi connectivity index (χ1) is 16.0. The first kappa shape index (κ1) is 22.4. The van der Waals surface area contributed by atoms with Gasteiger partial charge in [0.15, 0.2) is 0 Å². The van der Waals surface area contributed by atoms with Crippen LogP contribution in [0.5, 0.6) is 0 Å². The summed E-state index contributed by atoms with van der Waals surface area (Å²) in [5.41, 5.74) is 4.59. The van der Waals surface area contributed by atoms with Gasteiger partial charge in [-0.05, 0) is 28.7 Å². The van der Waals surface area contributed by atoms with Crippen LogP contribution in [0, 0.1) is 17.8 Å². The van der Waals surface area contributed by atoms with Gasteiger partial charge in [-0.1, -0.05) is 54.5 Å². The minimum atomic E-state index is -1.26. The molecule has 0 bridgehead atoms. The van der Waals surface area contributed by atoms with Crippen molar-refractivity contribution in [2.75, 3.05) is 26.3 Å². The molecule has 2 aromatic carbocycles. The van der Waals surface area contributed by atoms with Gasteiger partial charge in [0, 0.05) is 30.9 Å². The van der Waals surface area contributed by atoms with Gasteiger partial charge in [-0.2, -0.15) is 0 Å². The minimum absolute atomic E-state index is 0.0246. The number of benzene rings is 2. The molecule has 33 heavy (non-hydrogen) atoms. The lowest BCUT2D eigenvalue weighted by molar-refractivity contribution is -0.132. The smallest absolute Gasteiger partial charge is 0.407 e. The fourth-order valence-electron chi connectivity index (χ4n) is 4.35. The van der Waals surface area contributed by atoms with Crippen LogP contribution in [0.25, 0.3) is 11.1 Å². The van der Waals surface area contributed by atoms with Gasteiger partial charge in [-0.15, -0.1) is 0 Å². The molecule has 8 heteroatoms. The molecule has 0 saturated carbocycles. The van der Waals surface area contributed by atoms with E-state index in [0.29, 0.717) is 13.0 Å². The van der Waals surface area contributed by atoms with E-state index in [4.69, 9.17) is 14.6 Å². The zero-order chi connectivity index (χ0) is 23.2. The van der Waals surface area contributed by atoms with Gasteiger partial charge in [0.2, 0.25) is 5.91 Å². The average molecular weight is 448 g/mol. The van der Waals surface area contributed by atoms with Crippen LogP contribution in [0.1, 0.15) is 23.5 Å². The fraction of sp³-hybridized carbons (Fsp3) is 0.320. The van der Waals surface area contributed by atoms with Crippen molar-refractivity contribution < 1.29 is 29.0 Å². The van der Waals surface area contributed by atoms with E-state index < -0.39 is 18.2 Å². The van der Waals surface area contributed by atoms with Crippen molar-refractivity contribution >= 4 is 18.0 Å². The third kappa shape index (κ3) is 5.16. The molecule has 1 saturated heterocycles. The second-order valence-corrected chi connectivity index (χ2v) is 7.87. The number of hydrogen-bond donors (Lipinski definition) is 3. The van der Waals surface area contributed by atoms with Crippen molar-refractivity contribution in [2.45, 2.75) is 18.4 Å². The molecule has 2 amide bonds. The van der Waals surface area contributed by atoms with E-state index in [1.807, 2.05) is 30.2 Å². The Hall–Kier alpha value is -3.83. The predicted octanol–water partition coefficient (Wildman–Crippen LogP) is 2.13. The summed E-state index contributed by atoms with van der Waals surface area (Å²) in [6.07, 6.45) is -0.663. The summed E-state index contributed by atoms with van der Waals surface area (Å²) in [5, 5.41) is 13.8. The number of carboxylic acid groups (broad SMARTS) is 1. The van der Waals surface area contributed by atoms with E-state index in [0.717, 1.165) is 22.3 Å². The zero-order valence-electron chi connectivity index (χ0n) is 17.9. The molecular formula is C25H24N2O6. The van der Waals surface area contributed by atoms with E-state index in [1.54, 1.807) is 0 Å². The van der Waals surface area contributed by atoms with Gasteiger partial charge in [-0.25, -0.2) is 9.59 Å². The molecule has 0 radical (unpaired) electrons. The number of ether oxygens (including phenoxy) is 2. The predicted molar refractivity (Wildman–Crippen MR) is 119 cm³/mol. The number of hydrogen-bond acceptors (Lipinski definition) is 5. The molecule has 1 fully saturated rings. The van der Waals surface area contributed by atoms with Crippen LogP contribution in [0.15, 0.2) is 48.5 Å². The Labute approximate surface area is 191 Å². The summed E-state index contributed by atoms with van der Waals surface area (Å²) in [5.74, 6) is 2.39. The van der Waals surface area contributed by atoms with Crippen LogP contribution in [0.2, 0.25) is 0 Å². The summed E-state index contributed by atoms with van der Waals surface area (Å²) in [7, 11) is 0. The van der Waals surface area contributed by atoms with Crippen molar-refractivity contribution in [2.24, 2.45) is 5.92 Å². The molecule has 2 aromatic rings. The van der Waals surface area contributed by atoms with E-state index >= 15 is 0 Å². The quantitative estimate of drug-likeness (QED) is 0.584. The molecule has 170 valence electrons. The third-order valence-electron chi connectivity index (χ3n) is 5.87. The lowest BCUT2D eigenvalue weighted by Crippen LogP contribution is -2.42. The van der Waals surface area contributed by atoms with Crippen LogP contribution in [-0.4, -0.2) is 55.5 Å². The average Bonchev–Trinajstić information content (AvgIpc) is 3.42. The maximum Gasteiger partial charge on any atom is 0.407 e. The Morgan fingerprint density at radius 3 is 2.36 bits per heavy atom. The Morgan fingerprint density at radius 1 is 1.03 bits per heavy atom. The second-order valence-electron chi connectivity index (χ2n) is 7.87. The number of amides is 2. The third-order valence-corrected chi connectivity index (χ3v) is 5.87. The van der Waals surface area contributed by atoms with Crippen LogP contribution >= 0.6 is 0 Å². The normalized spacial score (nSPS) is 18.4. The molecule has 4 rings (SSSR count). The first-order valence-electron chi connectivity index (χ1n) is 10.7. The Morgan fingerprint density at radius 2 is 1.70 bits per heavy atom. The van der Waals surface area contributed by atoms with E-state index in [-0.39, 0.29) is 37.4 Å². The van der Waals surface area contributed by atoms with E-state index in [1.165, 1.54) is 0 Å². The fourth-order valence-corrected chi connectivity index (χ4v) is 4.35. The molecule has 2 unspecified atom stereocenters. The van der Waals surface area contributed by atoms with Gasteiger partial charge < -0.3 is 25.2 Å². The van der Waals surface area contributed by atoms with Gasteiger partial charge in [0.05, 0.1) is 6.54 Å². The molecule has 0 spiro atoms. The number of aliphatic carboxylic acids is 1. The van der Waals surface area contributed by atoms with Gasteiger partial charge >= 0.3 is 12.1 Å². The Kier molecular flexibility index (Phi) is 6.91. The molecule has 8 nitrogen and oxygen atoms in total.